The molecule has 1 aliphatic rings. The lowest BCUT2D eigenvalue weighted by molar-refractivity contribution is 0.0948. The average molecular weight is 456 g/mol. The minimum Gasteiger partial charge on any atom is -0.369 e. The van der Waals surface area contributed by atoms with Gasteiger partial charge in [0.25, 0.3) is 5.91 Å². The second kappa shape index (κ2) is 9.30. The number of amides is 1. The average Bonchev–Trinajstić information content (AvgIpc) is 3.17. The second-order valence-corrected chi connectivity index (χ2v) is 10.2. The zero-order valence-electron chi connectivity index (χ0n) is 18.5. The van der Waals surface area contributed by atoms with Crippen LogP contribution in [-0.4, -0.2) is 74.1 Å². The number of piperazine rings is 1. The van der Waals surface area contributed by atoms with Crippen LogP contribution in [0, 0.1) is 6.92 Å². The lowest BCUT2D eigenvalue weighted by Gasteiger charge is -2.36. The molecule has 1 saturated heterocycles. The fourth-order valence-corrected chi connectivity index (χ4v) is 4.85. The van der Waals surface area contributed by atoms with E-state index in [0.29, 0.717) is 12.1 Å². The molecule has 0 spiro atoms. The molecular formula is C23H29N5O3S. The van der Waals surface area contributed by atoms with Crippen LogP contribution in [0.2, 0.25) is 0 Å². The number of carbonyl (C=O) groups excluding carboxylic acids is 1. The highest BCUT2D eigenvalue weighted by Gasteiger charge is 2.22. The Labute approximate surface area is 188 Å². The van der Waals surface area contributed by atoms with E-state index in [1.54, 1.807) is 24.4 Å². The summed E-state index contributed by atoms with van der Waals surface area (Å²) in [7, 11) is -3.55. The number of carbonyl (C=O) groups is 1. The van der Waals surface area contributed by atoms with E-state index < -0.39 is 9.84 Å². The molecule has 1 aromatic carbocycles. The third kappa shape index (κ3) is 4.94. The molecule has 4 rings (SSSR count). The minimum absolute atomic E-state index is 0.121. The van der Waals surface area contributed by atoms with E-state index in [-0.39, 0.29) is 16.8 Å². The van der Waals surface area contributed by atoms with Gasteiger partial charge in [-0.25, -0.2) is 13.4 Å². The number of nitrogens with zero attached hydrogens (tertiary/aromatic N) is 4. The quantitative estimate of drug-likeness (QED) is 0.549. The van der Waals surface area contributed by atoms with Crippen molar-refractivity contribution in [2.45, 2.75) is 18.5 Å². The molecule has 0 radical (unpaired) electrons. The molecule has 1 fully saturated rings. The van der Waals surface area contributed by atoms with Gasteiger partial charge < -0.3 is 10.2 Å². The van der Waals surface area contributed by atoms with Gasteiger partial charge >= 0.3 is 0 Å². The van der Waals surface area contributed by atoms with Crippen molar-refractivity contribution >= 4 is 26.9 Å². The zero-order valence-corrected chi connectivity index (χ0v) is 19.3. The van der Waals surface area contributed by atoms with Gasteiger partial charge in [-0.3, -0.25) is 14.1 Å². The third-order valence-corrected chi connectivity index (χ3v) is 6.69. The van der Waals surface area contributed by atoms with Crippen LogP contribution >= 0.6 is 0 Å². The van der Waals surface area contributed by atoms with Crippen LogP contribution in [0.1, 0.15) is 22.5 Å². The standard InChI is InChI=1S/C23H29N5O3S/c1-18-7-5-8-19(17-18)27-15-13-26(14-16-27)11-6-10-24-22(29)21-20-9-3-4-12-28(20)23(25-21)32(2,30)31/h3-5,7-9,12,17H,6,10-11,13-16H2,1-2H3,(H,24,29). The fourth-order valence-electron chi connectivity index (χ4n) is 4.08. The number of hydrogen-bond donors (Lipinski definition) is 1. The third-order valence-electron chi connectivity index (χ3n) is 5.74. The molecule has 0 atom stereocenters. The topological polar surface area (TPSA) is 87.0 Å². The maximum Gasteiger partial charge on any atom is 0.272 e. The Balaban J connectivity index is 1.28. The van der Waals surface area contributed by atoms with Crippen LogP contribution in [0.5, 0.6) is 0 Å². The number of pyridine rings is 1. The Morgan fingerprint density at radius 3 is 2.59 bits per heavy atom. The SMILES string of the molecule is Cc1cccc(N2CCN(CCCNC(=O)c3nc(S(C)(=O)=O)n4ccccc34)CC2)c1. The van der Waals surface area contributed by atoms with Crippen LogP contribution in [-0.2, 0) is 9.84 Å². The van der Waals surface area contributed by atoms with Gasteiger partial charge in [-0.05, 0) is 49.7 Å². The Bertz CT molecular complexity index is 1210. The Morgan fingerprint density at radius 2 is 1.88 bits per heavy atom. The molecular weight excluding hydrogens is 426 g/mol. The Morgan fingerprint density at radius 1 is 1.09 bits per heavy atom. The summed E-state index contributed by atoms with van der Waals surface area (Å²) < 4.78 is 25.5. The second-order valence-electron chi connectivity index (χ2n) is 8.25. The fraction of sp³-hybridized carbons (Fsp3) is 0.391. The molecule has 0 saturated carbocycles. The van der Waals surface area contributed by atoms with Crippen molar-refractivity contribution in [1.29, 1.82) is 0 Å². The van der Waals surface area contributed by atoms with Gasteiger partial charge in [-0.2, -0.15) is 0 Å². The van der Waals surface area contributed by atoms with Gasteiger partial charge in [0.05, 0.1) is 5.52 Å². The molecule has 1 aliphatic heterocycles. The van der Waals surface area contributed by atoms with E-state index >= 15 is 0 Å². The van der Waals surface area contributed by atoms with Crippen molar-refractivity contribution in [3.05, 3.63) is 59.9 Å². The molecule has 3 aromatic rings. The maximum atomic E-state index is 12.7. The Hall–Kier alpha value is -2.91. The van der Waals surface area contributed by atoms with Gasteiger partial charge in [-0.15, -0.1) is 0 Å². The van der Waals surface area contributed by atoms with Gasteiger partial charge in [0.2, 0.25) is 15.0 Å². The molecule has 0 unspecified atom stereocenters. The first kappa shape index (κ1) is 22.3. The van der Waals surface area contributed by atoms with E-state index in [1.807, 2.05) is 0 Å². The van der Waals surface area contributed by atoms with Crippen molar-refractivity contribution in [3.8, 4) is 0 Å². The molecule has 0 bridgehead atoms. The van der Waals surface area contributed by atoms with Crippen LogP contribution in [0.4, 0.5) is 5.69 Å². The number of nitrogens with one attached hydrogen (secondary N) is 1. The van der Waals surface area contributed by atoms with Crippen molar-refractivity contribution in [1.82, 2.24) is 19.6 Å². The van der Waals surface area contributed by atoms with E-state index in [0.717, 1.165) is 45.4 Å². The molecule has 1 N–H and O–H groups in total. The highest BCUT2D eigenvalue weighted by molar-refractivity contribution is 7.90. The highest BCUT2D eigenvalue weighted by Crippen LogP contribution is 2.18. The lowest BCUT2D eigenvalue weighted by Crippen LogP contribution is -2.47. The molecule has 170 valence electrons. The van der Waals surface area contributed by atoms with Gasteiger partial charge in [0.1, 0.15) is 0 Å². The van der Waals surface area contributed by atoms with E-state index in [1.165, 1.54) is 15.7 Å². The molecule has 0 aliphatic carbocycles. The van der Waals surface area contributed by atoms with Gasteiger partial charge in [0, 0.05) is 50.9 Å². The molecule has 32 heavy (non-hydrogen) atoms. The summed E-state index contributed by atoms with van der Waals surface area (Å²) >= 11 is 0. The molecule has 1 amide bonds. The summed E-state index contributed by atoms with van der Waals surface area (Å²) in [4.78, 5) is 21.6. The maximum absolute atomic E-state index is 12.7. The zero-order chi connectivity index (χ0) is 22.7. The summed E-state index contributed by atoms with van der Waals surface area (Å²) in [6, 6.07) is 13.8. The van der Waals surface area contributed by atoms with E-state index in [9.17, 15) is 13.2 Å². The van der Waals surface area contributed by atoms with Crippen molar-refractivity contribution < 1.29 is 13.2 Å². The number of imidazole rings is 1. The lowest BCUT2D eigenvalue weighted by atomic mass is 10.2. The summed E-state index contributed by atoms with van der Waals surface area (Å²) in [6.45, 7) is 7.49. The van der Waals surface area contributed by atoms with Crippen molar-refractivity contribution in [3.63, 3.8) is 0 Å². The highest BCUT2D eigenvalue weighted by atomic mass is 32.2. The largest absolute Gasteiger partial charge is 0.369 e. The summed E-state index contributed by atoms with van der Waals surface area (Å²) in [5, 5.41) is 2.77. The first-order chi connectivity index (χ1) is 15.3. The monoisotopic (exact) mass is 455 g/mol. The number of hydrogen-bond acceptors (Lipinski definition) is 6. The summed E-state index contributed by atoms with van der Waals surface area (Å²) in [5.74, 6) is -0.354. The first-order valence-electron chi connectivity index (χ1n) is 10.8. The van der Waals surface area contributed by atoms with Crippen molar-refractivity contribution in [2.24, 2.45) is 0 Å². The number of fused-ring (bicyclic) bond motifs is 1. The molecule has 2 aromatic heterocycles. The minimum atomic E-state index is -3.55. The van der Waals surface area contributed by atoms with Gasteiger partial charge in [0.15, 0.2) is 5.69 Å². The summed E-state index contributed by atoms with van der Waals surface area (Å²) in [6.07, 6.45) is 3.52. The van der Waals surface area contributed by atoms with E-state index in [4.69, 9.17) is 0 Å². The van der Waals surface area contributed by atoms with Crippen LogP contribution in [0.25, 0.3) is 5.52 Å². The van der Waals surface area contributed by atoms with E-state index in [2.05, 4.69) is 51.3 Å². The number of sulfone groups is 1. The number of benzene rings is 1. The normalized spacial score (nSPS) is 15.2. The predicted molar refractivity (Wildman–Crippen MR) is 125 cm³/mol. The molecule has 3 heterocycles. The predicted octanol–water partition coefficient (Wildman–Crippen LogP) is 1.99. The van der Waals surface area contributed by atoms with Crippen LogP contribution < -0.4 is 10.2 Å². The first-order valence-corrected chi connectivity index (χ1v) is 12.7. The van der Waals surface area contributed by atoms with Crippen LogP contribution in [0.15, 0.2) is 53.8 Å². The Kier molecular flexibility index (Phi) is 6.48. The number of aromatic nitrogens is 2. The van der Waals surface area contributed by atoms with Gasteiger partial charge in [-0.1, -0.05) is 18.2 Å². The van der Waals surface area contributed by atoms with Crippen LogP contribution in [0.3, 0.4) is 0 Å². The summed E-state index contributed by atoms with van der Waals surface area (Å²) in [5.41, 5.74) is 3.17. The number of rotatable bonds is 7. The molecule has 9 heteroatoms. The number of aryl methyl sites for hydroxylation is 1. The van der Waals surface area contributed by atoms with Crippen molar-refractivity contribution in [2.75, 3.05) is 50.4 Å². The smallest absolute Gasteiger partial charge is 0.272 e. The molecule has 8 nitrogen and oxygen atoms in total. The number of anilines is 1.